The van der Waals surface area contributed by atoms with Crippen molar-refractivity contribution < 1.29 is 9.90 Å². The molecule has 2 fully saturated rings. The number of nitrogens with one attached hydrogen (secondary N) is 1. The number of aromatic nitrogens is 2. The first-order valence-electron chi connectivity index (χ1n) is 9.14. The van der Waals surface area contributed by atoms with Crippen molar-refractivity contribution in [2.75, 3.05) is 39.0 Å². The average molecular weight is 347 g/mol. The van der Waals surface area contributed by atoms with Crippen LogP contribution in [0, 0.1) is 5.92 Å². The number of rotatable bonds is 5. The van der Waals surface area contributed by atoms with Gasteiger partial charge in [0.2, 0.25) is 5.91 Å². The Kier molecular flexibility index (Phi) is 5.54. The van der Waals surface area contributed by atoms with Crippen LogP contribution >= 0.6 is 0 Å². The van der Waals surface area contributed by atoms with Gasteiger partial charge in [-0.2, -0.15) is 0 Å². The number of likely N-dealkylation sites (tertiary alicyclic amines) is 1. The van der Waals surface area contributed by atoms with Gasteiger partial charge in [-0.15, -0.1) is 0 Å². The summed E-state index contributed by atoms with van der Waals surface area (Å²) in [5, 5.41) is 14.0. The molecule has 3 rings (SSSR count). The summed E-state index contributed by atoms with van der Waals surface area (Å²) in [6.07, 6.45) is 9.44. The number of hydrogen-bond acceptors (Lipinski definition) is 6. The van der Waals surface area contributed by atoms with Gasteiger partial charge in [-0.3, -0.25) is 9.78 Å². The predicted molar refractivity (Wildman–Crippen MR) is 96.1 cm³/mol. The number of aliphatic hydroxyl groups is 1. The Balaban J connectivity index is 1.47. The normalized spacial score (nSPS) is 29.8. The number of carbonyl (C=O) groups is 1. The van der Waals surface area contributed by atoms with Crippen molar-refractivity contribution >= 4 is 11.7 Å². The van der Waals surface area contributed by atoms with Crippen LogP contribution in [0.4, 0.5) is 5.82 Å². The zero-order valence-electron chi connectivity index (χ0n) is 15.2. The van der Waals surface area contributed by atoms with Gasteiger partial charge >= 0.3 is 0 Å². The molecule has 1 atom stereocenters. The smallest absolute Gasteiger partial charge is 0.225 e. The molecule has 7 nitrogen and oxygen atoms in total. The third-order valence-corrected chi connectivity index (χ3v) is 5.25. The lowest BCUT2D eigenvalue weighted by atomic mass is 9.85. The summed E-state index contributed by atoms with van der Waals surface area (Å²) in [5.41, 5.74) is -0.760. The molecule has 1 unspecified atom stereocenters. The Morgan fingerprint density at radius 2 is 2.12 bits per heavy atom. The highest BCUT2D eigenvalue weighted by molar-refractivity contribution is 5.79. The van der Waals surface area contributed by atoms with Gasteiger partial charge in [0.1, 0.15) is 5.82 Å². The quantitative estimate of drug-likeness (QED) is 0.826. The van der Waals surface area contributed by atoms with Crippen LogP contribution in [0.2, 0.25) is 0 Å². The van der Waals surface area contributed by atoms with Crippen LogP contribution in [0.15, 0.2) is 18.6 Å². The van der Waals surface area contributed by atoms with E-state index in [4.69, 9.17) is 0 Å². The molecule has 1 aromatic heterocycles. The van der Waals surface area contributed by atoms with E-state index < -0.39 is 5.60 Å². The summed E-state index contributed by atoms with van der Waals surface area (Å²) in [7, 11) is 3.90. The second-order valence-electron chi connectivity index (χ2n) is 7.76. The van der Waals surface area contributed by atoms with E-state index in [1.807, 2.05) is 23.9 Å². The monoisotopic (exact) mass is 347 g/mol. The van der Waals surface area contributed by atoms with Crippen LogP contribution in [0.1, 0.15) is 32.1 Å². The maximum absolute atomic E-state index is 12.8. The van der Waals surface area contributed by atoms with Crippen molar-refractivity contribution in [3.63, 3.8) is 0 Å². The van der Waals surface area contributed by atoms with Crippen molar-refractivity contribution in [1.29, 1.82) is 0 Å². The Bertz CT molecular complexity index is 574. The van der Waals surface area contributed by atoms with E-state index in [0.717, 1.165) is 31.5 Å². The van der Waals surface area contributed by atoms with Gasteiger partial charge in [-0.05, 0) is 46.2 Å². The molecular formula is C18H29N5O2. The molecule has 1 aliphatic carbocycles. The van der Waals surface area contributed by atoms with E-state index in [-0.39, 0.29) is 11.8 Å². The van der Waals surface area contributed by atoms with E-state index in [2.05, 4.69) is 15.3 Å². The lowest BCUT2D eigenvalue weighted by molar-refractivity contribution is -0.136. The molecule has 138 valence electrons. The highest BCUT2D eigenvalue weighted by atomic mass is 16.3. The lowest BCUT2D eigenvalue weighted by Gasteiger charge is -2.32. The molecule has 2 N–H and O–H groups in total. The maximum atomic E-state index is 12.8. The van der Waals surface area contributed by atoms with Crippen molar-refractivity contribution in [1.82, 2.24) is 19.8 Å². The van der Waals surface area contributed by atoms with Crippen LogP contribution in [0.5, 0.6) is 0 Å². The zero-order chi connectivity index (χ0) is 17.9. The summed E-state index contributed by atoms with van der Waals surface area (Å²) in [6.45, 7) is 1.73. The maximum Gasteiger partial charge on any atom is 0.225 e. The number of likely N-dealkylation sites (N-methyl/N-ethyl adjacent to an activating group) is 1. The van der Waals surface area contributed by atoms with E-state index in [1.54, 1.807) is 18.6 Å². The fourth-order valence-electron chi connectivity index (χ4n) is 4.09. The largest absolute Gasteiger partial charge is 0.387 e. The van der Waals surface area contributed by atoms with Crippen LogP contribution < -0.4 is 5.32 Å². The second kappa shape index (κ2) is 7.66. The number of nitrogens with zero attached hydrogens (tertiary/aromatic N) is 4. The number of carbonyl (C=O) groups excluding carboxylic acids is 1. The molecule has 0 aromatic carbocycles. The van der Waals surface area contributed by atoms with Gasteiger partial charge in [0.25, 0.3) is 0 Å². The average Bonchev–Trinajstić information content (AvgIpc) is 2.97. The number of amides is 1. The van der Waals surface area contributed by atoms with E-state index >= 15 is 0 Å². The number of anilines is 1. The van der Waals surface area contributed by atoms with Gasteiger partial charge < -0.3 is 20.2 Å². The molecule has 25 heavy (non-hydrogen) atoms. The van der Waals surface area contributed by atoms with E-state index in [0.29, 0.717) is 32.1 Å². The molecule has 1 aliphatic heterocycles. The highest BCUT2D eigenvalue weighted by Crippen LogP contribution is 2.30. The SMILES string of the molecule is CN(C)CC1(O)CCN(C(=O)C2CCC(Nc3cnccn3)CC2)C1. The van der Waals surface area contributed by atoms with Crippen molar-refractivity contribution in [3.05, 3.63) is 18.6 Å². The van der Waals surface area contributed by atoms with Crippen molar-refractivity contribution in [2.45, 2.75) is 43.7 Å². The first-order chi connectivity index (χ1) is 12.0. The summed E-state index contributed by atoms with van der Waals surface area (Å²) >= 11 is 0. The number of hydrogen-bond donors (Lipinski definition) is 2. The topological polar surface area (TPSA) is 81.6 Å². The summed E-state index contributed by atoms with van der Waals surface area (Å²) in [6, 6.07) is 0.352. The zero-order valence-corrected chi connectivity index (χ0v) is 15.2. The van der Waals surface area contributed by atoms with Crippen molar-refractivity contribution in [2.24, 2.45) is 5.92 Å². The first kappa shape index (κ1) is 18.1. The van der Waals surface area contributed by atoms with Gasteiger partial charge in [-0.25, -0.2) is 4.98 Å². The molecule has 0 spiro atoms. The Morgan fingerprint density at radius 1 is 1.36 bits per heavy atom. The minimum absolute atomic E-state index is 0.0848. The minimum atomic E-state index is -0.760. The molecule has 1 saturated heterocycles. The molecule has 7 heteroatoms. The molecule has 1 saturated carbocycles. The fraction of sp³-hybridized carbons (Fsp3) is 0.722. The third kappa shape index (κ3) is 4.67. The van der Waals surface area contributed by atoms with Gasteiger partial charge in [-0.1, -0.05) is 0 Å². The molecule has 0 radical (unpaired) electrons. The van der Waals surface area contributed by atoms with Crippen molar-refractivity contribution in [3.8, 4) is 0 Å². The molecule has 2 aliphatic rings. The Labute approximate surface area is 149 Å². The fourth-order valence-corrected chi connectivity index (χ4v) is 4.09. The van der Waals surface area contributed by atoms with Crippen LogP contribution in [-0.4, -0.2) is 76.2 Å². The molecule has 1 aromatic rings. The summed E-state index contributed by atoms with van der Waals surface area (Å²) in [4.78, 5) is 25.0. The van der Waals surface area contributed by atoms with Gasteiger partial charge in [0.05, 0.1) is 18.3 Å². The van der Waals surface area contributed by atoms with Gasteiger partial charge in [0, 0.05) is 37.4 Å². The molecule has 2 heterocycles. The Hall–Kier alpha value is -1.73. The number of β-amino-alcohol motifs (C(OH)–C–C–N with tert-alkyl or cyclic N) is 1. The van der Waals surface area contributed by atoms with E-state index in [1.165, 1.54) is 0 Å². The minimum Gasteiger partial charge on any atom is -0.387 e. The van der Waals surface area contributed by atoms with Gasteiger partial charge in [0.15, 0.2) is 0 Å². The second-order valence-corrected chi connectivity index (χ2v) is 7.76. The summed E-state index contributed by atoms with van der Waals surface area (Å²) < 4.78 is 0. The predicted octanol–water partition coefficient (Wildman–Crippen LogP) is 0.972. The lowest BCUT2D eigenvalue weighted by Crippen LogP contribution is -2.45. The van der Waals surface area contributed by atoms with Crippen LogP contribution in [-0.2, 0) is 4.79 Å². The molecule has 0 bridgehead atoms. The highest BCUT2D eigenvalue weighted by Gasteiger charge is 2.40. The first-order valence-corrected chi connectivity index (χ1v) is 9.14. The van der Waals surface area contributed by atoms with E-state index in [9.17, 15) is 9.90 Å². The van der Waals surface area contributed by atoms with Crippen LogP contribution in [0.3, 0.4) is 0 Å². The summed E-state index contributed by atoms with van der Waals surface area (Å²) in [5.74, 6) is 1.10. The third-order valence-electron chi connectivity index (χ3n) is 5.25. The standard InChI is InChI=1S/C18H29N5O2/c1-22(2)12-18(25)7-10-23(13-18)17(24)14-3-5-15(6-4-14)21-16-11-19-8-9-20-16/h8-9,11,14-15,25H,3-7,10,12-13H2,1-2H3,(H,20,21). The molecular weight excluding hydrogens is 318 g/mol. The molecule has 1 amide bonds. The van der Waals surface area contributed by atoms with Crippen LogP contribution in [0.25, 0.3) is 0 Å². The Morgan fingerprint density at radius 3 is 2.76 bits per heavy atom.